The molecule has 1 heterocycles. The lowest BCUT2D eigenvalue weighted by atomic mass is 10.1. The fraction of sp³-hybridized carbons (Fsp3) is 0.455. The van der Waals surface area contributed by atoms with Crippen LogP contribution in [-0.2, 0) is 4.79 Å². The van der Waals surface area contributed by atoms with E-state index in [9.17, 15) is 4.79 Å². The molecule has 0 aliphatic carbocycles. The van der Waals surface area contributed by atoms with Crippen molar-refractivity contribution in [1.82, 2.24) is 4.98 Å². The Hall–Kier alpha value is -1.09. The molecule has 0 bridgehead atoms. The summed E-state index contributed by atoms with van der Waals surface area (Å²) in [6.45, 7) is 5.90. The lowest BCUT2D eigenvalue weighted by Crippen LogP contribution is -2.14. The van der Waals surface area contributed by atoms with Crippen LogP contribution in [0.2, 0.25) is 5.15 Å². The Balaban J connectivity index is 2.68. The average molecular weight is 227 g/mol. The minimum Gasteiger partial charge on any atom is -0.325 e. The number of pyridine rings is 1. The van der Waals surface area contributed by atoms with Crippen molar-refractivity contribution < 1.29 is 4.79 Å². The molecule has 1 amide bonds. The summed E-state index contributed by atoms with van der Waals surface area (Å²) in [6, 6.07) is 1.73. The Morgan fingerprint density at radius 3 is 2.80 bits per heavy atom. The number of aromatic nitrogens is 1. The highest BCUT2D eigenvalue weighted by Gasteiger charge is 2.07. The van der Waals surface area contributed by atoms with E-state index in [0.29, 0.717) is 17.5 Å². The van der Waals surface area contributed by atoms with E-state index in [1.807, 2.05) is 20.8 Å². The van der Waals surface area contributed by atoms with Gasteiger partial charge in [-0.3, -0.25) is 4.79 Å². The Morgan fingerprint density at radius 2 is 2.27 bits per heavy atom. The topological polar surface area (TPSA) is 42.0 Å². The van der Waals surface area contributed by atoms with Crippen molar-refractivity contribution in [3.63, 3.8) is 0 Å². The summed E-state index contributed by atoms with van der Waals surface area (Å²) in [7, 11) is 0. The van der Waals surface area contributed by atoms with Gasteiger partial charge in [0.05, 0.1) is 11.9 Å². The van der Waals surface area contributed by atoms with Gasteiger partial charge in [-0.15, -0.1) is 0 Å². The number of aryl methyl sites for hydroxylation is 1. The molecule has 0 aliphatic rings. The molecule has 1 N–H and O–H groups in total. The number of rotatable bonds is 3. The summed E-state index contributed by atoms with van der Waals surface area (Å²) in [5.41, 5.74) is 1.65. The minimum atomic E-state index is 0.0113. The third kappa shape index (κ3) is 3.88. The van der Waals surface area contributed by atoms with Gasteiger partial charge in [0.15, 0.2) is 0 Å². The number of hydrogen-bond donors (Lipinski definition) is 1. The van der Waals surface area contributed by atoms with Crippen LogP contribution in [0.3, 0.4) is 0 Å². The summed E-state index contributed by atoms with van der Waals surface area (Å²) in [4.78, 5) is 15.4. The fourth-order valence-corrected chi connectivity index (χ4v) is 1.44. The molecule has 1 aromatic heterocycles. The van der Waals surface area contributed by atoms with Crippen molar-refractivity contribution in [3.05, 3.63) is 23.0 Å². The largest absolute Gasteiger partial charge is 0.325 e. The second kappa shape index (κ2) is 5.12. The van der Waals surface area contributed by atoms with Crippen molar-refractivity contribution in [2.24, 2.45) is 5.92 Å². The maximum Gasteiger partial charge on any atom is 0.224 e. The van der Waals surface area contributed by atoms with Gasteiger partial charge in [-0.25, -0.2) is 4.98 Å². The van der Waals surface area contributed by atoms with Crippen molar-refractivity contribution >= 4 is 23.2 Å². The summed E-state index contributed by atoms with van der Waals surface area (Å²) in [6.07, 6.45) is 2.10. The average Bonchev–Trinajstić information content (AvgIpc) is 2.08. The van der Waals surface area contributed by atoms with Crippen LogP contribution >= 0.6 is 11.6 Å². The third-order valence-electron chi connectivity index (χ3n) is 1.95. The van der Waals surface area contributed by atoms with Crippen LogP contribution in [0.1, 0.15) is 25.8 Å². The molecule has 3 nitrogen and oxygen atoms in total. The molecule has 0 saturated carbocycles. The van der Waals surface area contributed by atoms with Crippen LogP contribution in [0.15, 0.2) is 12.3 Å². The van der Waals surface area contributed by atoms with Gasteiger partial charge in [0.25, 0.3) is 0 Å². The first-order valence-electron chi connectivity index (χ1n) is 4.91. The first kappa shape index (κ1) is 12.0. The minimum absolute atomic E-state index is 0.0113. The molecule has 0 fully saturated rings. The van der Waals surface area contributed by atoms with E-state index < -0.39 is 0 Å². The molecular formula is C11H15ClN2O. The fourth-order valence-electron chi connectivity index (χ4n) is 1.22. The van der Waals surface area contributed by atoms with Crippen molar-refractivity contribution in [2.45, 2.75) is 27.2 Å². The van der Waals surface area contributed by atoms with Crippen molar-refractivity contribution in [1.29, 1.82) is 0 Å². The molecule has 0 saturated heterocycles. The van der Waals surface area contributed by atoms with Crippen LogP contribution in [-0.4, -0.2) is 10.9 Å². The van der Waals surface area contributed by atoms with Gasteiger partial charge < -0.3 is 5.32 Å². The van der Waals surface area contributed by atoms with Gasteiger partial charge in [-0.2, -0.15) is 0 Å². The number of nitrogens with zero attached hydrogens (tertiary/aromatic N) is 1. The second-order valence-corrected chi connectivity index (χ2v) is 4.36. The maximum atomic E-state index is 11.5. The Morgan fingerprint density at radius 1 is 1.60 bits per heavy atom. The van der Waals surface area contributed by atoms with E-state index in [4.69, 9.17) is 11.6 Å². The quantitative estimate of drug-likeness (QED) is 0.805. The van der Waals surface area contributed by atoms with Gasteiger partial charge in [0, 0.05) is 6.42 Å². The molecule has 0 radical (unpaired) electrons. The second-order valence-electron chi connectivity index (χ2n) is 3.97. The number of carbonyl (C=O) groups is 1. The van der Waals surface area contributed by atoms with Crippen LogP contribution in [0.25, 0.3) is 0 Å². The number of hydrogen-bond acceptors (Lipinski definition) is 2. The summed E-state index contributed by atoms with van der Waals surface area (Å²) in [5.74, 6) is 0.364. The summed E-state index contributed by atoms with van der Waals surface area (Å²) < 4.78 is 0. The van der Waals surface area contributed by atoms with Gasteiger partial charge in [0.1, 0.15) is 5.15 Å². The molecule has 0 unspecified atom stereocenters. The van der Waals surface area contributed by atoms with Crippen LogP contribution in [0.4, 0.5) is 5.69 Å². The van der Waals surface area contributed by atoms with E-state index in [1.54, 1.807) is 12.3 Å². The highest BCUT2D eigenvalue weighted by molar-refractivity contribution is 6.29. The number of anilines is 1. The van der Waals surface area contributed by atoms with E-state index in [0.717, 1.165) is 11.3 Å². The lowest BCUT2D eigenvalue weighted by Gasteiger charge is -2.09. The van der Waals surface area contributed by atoms with Crippen molar-refractivity contribution in [3.8, 4) is 0 Å². The highest BCUT2D eigenvalue weighted by Crippen LogP contribution is 2.17. The van der Waals surface area contributed by atoms with Crippen LogP contribution in [0.5, 0.6) is 0 Å². The molecule has 15 heavy (non-hydrogen) atoms. The zero-order valence-electron chi connectivity index (χ0n) is 9.17. The molecule has 0 aromatic carbocycles. The first-order chi connectivity index (χ1) is 6.99. The predicted octanol–water partition coefficient (Wildman–Crippen LogP) is 3.03. The predicted molar refractivity (Wildman–Crippen MR) is 62.1 cm³/mol. The monoisotopic (exact) mass is 226 g/mol. The third-order valence-corrected chi connectivity index (χ3v) is 2.15. The zero-order chi connectivity index (χ0) is 11.4. The molecular weight excluding hydrogens is 212 g/mol. The number of nitrogens with one attached hydrogen (secondary N) is 1. The van der Waals surface area contributed by atoms with Gasteiger partial charge in [-0.05, 0) is 24.5 Å². The van der Waals surface area contributed by atoms with Gasteiger partial charge in [0.2, 0.25) is 5.91 Å². The Kier molecular flexibility index (Phi) is 4.09. The molecule has 82 valence electrons. The smallest absolute Gasteiger partial charge is 0.224 e. The molecule has 1 rings (SSSR count). The van der Waals surface area contributed by atoms with E-state index in [2.05, 4.69) is 10.3 Å². The summed E-state index contributed by atoms with van der Waals surface area (Å²) >= 11 is 5.71. The molecule has 0 spiro atoms. The molecule has 0 atom stereocenters. The van der Waals surface area contributed by atoms with Gasteiger partial charge >= 0.3 is 0 Å². The molecule has 4 heteroatoms. The lowest BCUT2D eigenvalue weighted by molar-refractivity contribution is -0.116. The number of halogens is 1. The standard InChI is InChI=1S/C11H15ClN2O/c1-7(2)4-11(15)14-9-6-13-10(12)5-8(9)3/h5-7H,4H2,1-3H3,(H,14,15). The Bertz CT molecular complexity index is 364. The van der Waals surface area contributed by atoms with Crippen LogP contribution in [0, 0.1) is 12.8 Å². The van der Waals surface area contributed by atoms with Crippen molar-refractivity contribution in [2.75, 3.05) is 5.32 Å². The Labute approximate surface area is 94.9 Å². The van der Waals surface area contributed by atoms with E-state index >= 15 is 0 Å². The van der Waals surface area contributed by atoms with Crippen LogP contribution < -0.4 is 5.32 Å². The number of amides is 1. The SMILES string of the molecule is Cc1cc(Cl)ncc1NC(=O)CC(C)C. The first-order valence-corrected chi connectivity index (χ1v) is 5.29. The van der Waals surface area contributed by atoms with E-state index in [1.165, 1.54) is 0 Å². The zero-order valence-corrected chi connectivity index (χ0v) is 9.93. The maximum absolute atomic E-state index is 11.5. The van der Waals surface area contributed by atoms with Gasteiger partial charge in [-0.1, -0.05) is 25.4 Å². The summed E-state index contributed by atoms with van der Waals surface area (Å²) in [5, 5.41) is 3.25. The molecule has 1 aromatic rings. The van der Waals surface area contributed by atoms with E-state index in [-0.39, 0.29) is 5.91 Å². The highest BCUT2D eigenvalue weighted by atomic mass is 35.5. The normalized spacial score (nSPS) is 10.5. The number of carbonyl (C=O) groups excluding carboxylic acids is 1. The molecule has 0 aliphatic heterocycles.